The molecular formula is C15H22N2O3S. The zero-order chi connectivity index (χ0) is 15.5. The first kappa shape index (κ1) is 16.0. The second-order valence-corrected chi connectivity index (χ2v) is 7.23. The van der Waals surface area contributed by atoms with Crippen molar-refractivity contribution in [2.45, 2.75) is 30.3 Å². The number of hydrogen-bond donors (Lipinski definition) is 1. The molecule has 0 amide bonds. The van der Waals surface area contributed by atoms with Crippen LogP contribution in [-0.2, 0) is 16.6 Å². The third-order valence-corrected chi connectivity index (χ3v) is 5.34. The summed E-state index contributed by atoms with van der Waals surface area (Å²) in [4.78, 5) is 0.185. The Labute approximate surface area is 126 Å². The highest BCUT2D eigenvalue weighted by Gasteiger charge is 2.25. The van der Waals surface area contributed by atoms with Gasteiger partial charge in [-0.1, -0.05) is 12.1 Å². The van der Waals surface area contributed by atoms with Crippen molar-refractivity contribution < 1.29 is 13.2 Å². The van der Waals surface area contributed by atoms with Gasteiger partial charge in [-0.2, -0.15) is 4.31 Å². The zero-order valence-corrected chi connectivity index (χ0v) is 13.3. The molecule has 0 heterocycles. The minimum Gasteiger partial charge on any atom is -0.495 e. The second-order valence-electron chi connectivity index (χ2n) is 5.21. The molecule has 1 aromatic rings. The highest BCUT2D eigenvalue weighted by atomic mass is 32.2. The van der Waals surface area contributed by atoms with Gasteiger partial charge in [0.15, 0.2) is 0 Å². The fourth-order valence-corrected chi connectivity index (χ4v) is 3.31. The van der Waals surface area contributed by atoms with Crippen molar-refractivity contribution in [3.05, 3.63) is 36.4 Å². The average molecular weight is 310 g/mol. The van der Waals surface area contributed by atoms with Crippen molar-refractivity contribution in [3.8, 4) is 5.75 Å². The van der Waals surface area contributed by atoms with Gasteiger partial charge in [-0.3, -0.25) is 0 Å². The number of ether oxygens (including phenoxy) is 1. The van der Waals surface area contributed by atoms with Gasteiger partial charge in [0, 0.05) is 26.2 Å². The molecule has 116 valence electrons. The maximum atomic E-state index is 12.5. The monoisotopic (exact) mass is 310 g/mol. The number of likely N-dealkylation sites (N-methyl/N-ethyl adjacent to an activating group) is 1. The Bertz CT molecular complexity index is 609. The summed E-state index contributed by atoms with van der Waals surface area (Å²) >= 11 is 0. The molecule has 0 spiro atoms. The maximum Gasteiger partial charge on any atom is 0.246 e. The third kappa shape index (κ3) is 3.84. The lowest BCUT2D eigenvalue weighted by Gasteiger charge is -2.18. The molecule has 1 aliphatic carbocycles. The highest BCUT2D eigenvalue weighted by Crippen LogP contribution is 2.28. The third-order valence-electron chi connectivity index (χ3n) is 3.47. The smallest absolute Gasteiger partial charge is 0.246 e. The number of nitrogens with one attached hydrogen (secondary N) is 1. The molecule has 1 N–H and O–H groups in total. The van der Waals surface area contributed by atoms with E-state index < -0.39 is 10.0 Å². The van der Waals surface area contributed by atoms with Crippen molar-refractivity contribution in [2.24, 2.45) is 0 Å². The van der Waals surface area contributed by atoms with Gasteiger partial charge in [-0.25, -0.2) is 8.42 Å². The molecule has 0 atom stereocenters. The quantitative estimate of drug-likeness (QED) is 0.743. The molecule has 0 aromatic heterocycles. The van der Waals surface area contributed by atoms with Crippen LogP contribution >= 0.6 is 0 Å². The topological polar surface area (TPSA) is 58.6 Å². The predicted octanol–water partition coefficient (Wildman–Crippen LogP) is 1.75. The second kappa shape index (κ2) is 6.60. The molecule has 0 radical (unpaired) electrons. The van der Waals surface area contributed by atoms with Crippen LogP contribution in [0.5, 0.6) is 5.75 Å². The summed E-state index contributed by atoms with van der Waals surface area (Å²) in [6.07, 6.45) is 3.99. The van der Waals surface area contributed by atoms with Crippen LogP contribution in [0.3, 0.4) is 0 Å². The number of sulfonamides is 1. The van der Waals surface area contributed by atoms with Gasteiger partial charge < -0.3 is 10.1 Å². The van der Waals surface area contributed by atoms with Crippen LogP contribution < -0.4 is 10.1 Å². The number of benzene rings is 1. The van der Waals surface area contributed by atoms with Crippen LogP contribution in [0.2, 0.25) is 0 Å². The first-order valence-electron chi connectivity index (χ1n) is 6.96. The van der Waals surface area contributed by atoms with Crippen LogP contribution in [0.4, 0.5) is 0 Å². The van der Waals surface area contributed by atoms with Gasteiger partial charge >= 0.3 is 0 Å². The van der Waals surface area contributed by atoms with Crippen LogP contribution in [0.25, 0.3) is 0 Å². The van der Waals surface area contributed by atoms with Gasteiger partial charge in [-0.05, 0) is 30.5 Å². The molecule has 0 aliphatic heterocycles. The normalized spacial score (nSPS) is 15.2. The summed E-state index contributed by atoms with van der Waals surface area (Å²) in [5.41, 5.74) is 1.02. The molecule has 2 rings (SSSR count). The van der Waals surface area contributed by atoms with Crippen molar-refractivity contribution in [1.29, 1.82) is 0 Å². The van der Waals surface area contributed by atoms with E-state index in [1.807, 2.05) is 6.07 Å². The van der Waals surface area contributed by atoms with Crippen LogP contribution in [0.1, 0.15) is 18.4 Å². The summed E-state index contributed by atoms with van der Waals surface area (Å²) < 4.78 is 31.5. The molecule has 1 aliphatic rings. The zero-order valence-electron chi connectivity index (χ0n) is 12.5. The minimum absolute atomic E-state index is 0.185. The van der Waals surface area contributed by atoms with Gasteiger partial charge in [-0.15, -0.1) is 6.58 Å². The SMILES string of the molecule is C=CCN(C)S(=O)(=O)c1ccc(CNC2CC2)cc1OC. The molecule has 21 heavy (non-hydrogen) atoms. The van der Waals surface area contributed by atoms with E-state index in [0.29, 0.717) is 11.8 Å². The van der Waals surface area contributed by atoms with E-state index in [4.69, 9.17) is 4.74 Å². The first-order valence-corrected chi connectivity index (χ1v) is 8.40. The molecular weight excluding hydrogens is 288 g/mol. The maximum absolute atomic E-state index is 12.5. The van der Waals surface area contributed by atoms with Gasteiger partial charge in [0.2, 0.25) is 10.0 Å². The van der Waals surface area contributed by atoms with E-state index in [9.17, 15) is 8.42 Å². The van der Waals surface area contributed by atoms with Crippen molar-refractivity contribution in [3.63, 3.8) is 0 Å². The Morgan fingerprint density at radius 1 is 1.48 bits per heavy atom. The number of rotatable bonds is 8. The van der Waals surface area contributed by atoms with Crippen LogP contribution in [0, 0.1) is 0 Å². The average Bonchev–Trinajstić information content (AvgIpc) is 3.29. The summed E-state index contributed by atoms with van der Waals surface area (Å²) in [5, 5.41) is 3.40. The van der Waals surface area contributed by atoms with Gasteiger partial charge in [0.1, 0.15) is 10.6 Å². The molecule has 6 heteroatoms. The largest absolute Gasteiger partial charge is 0.495 e. The van der Waals surface area contributed by atoms with Crippen molar-refractivity contribution >= 4 is 10.0 Å². The van der Waals surface area contributed by atoms with Crippen LogP contribution in [-0.4, -0.2) is 39.5 Å². The molecule has 1 fully saturated rings. The van der Waals surface area contributed by atoms with Crippen molar-refractivity contribution in [1.82, 2.24) is 9.62 Å². The molecule has 1 saturated carbocycles. The lowest BCUT2D eigenvalue weighted by molar-refractivity contribution is 0.398. The number of nitrogens with zero attached hydrogens (tertiary/aromatic N) is 1. The minimum atomic E-state index is -3.56. The Hall–Kier alpha value is -1.37. The lowest BCUT2D eigenvalue weighted by Crippen LogP contribution is -2.27. The highest BCUT2D eigenvalue weighted by molar-refractivity contribution is 7.89. The fraction of sp³-hybridized carbons (Fsp3) is 0.467. The first-order chi connectivity index (χ1) is 9.98. The molecule has 1 aromatic carbocycles. The molecule has 5 nitrogen and oxygen atoms in total. The van der Waals surface area contributed by atoms with E-state index in [2.05, 4.69) is 11.9 Å². The Morgan fingerprint density at radius 2 is 2.19 bits per heavy atom. The summed E-state index contributed by atoms with van der Waals surface area (Å²) in [5.74, 6) is 0.376. The number of methoxy groups -OCH3 is 1. The predicted molar refractivity (Wildman–Crippen MR) is 82.9 cm³/mol. The molecule has 0 bridgehead atoms. The van der Waals surface area contributed by atoms with E-state index in [-0.39, 0.29) is 11.4 Å². The molecule has 0 unspecified atom stereocenters. The van der Waals surface area contributed by atoms with Crippen molar-refractivity contribution in [2.75, 3.05) is 20.7 Å². The van der Waals surface area contributed by atoms with Crippen LogP contribution in [0.15, 0.2) is 35.7 Å². The molecule has 0 saturated heterocycles. The van der Waals surface area contributed by atoms with E-state index in [1.165, 1.54) is 31.3 Å². The lowest BCUT2D eigenvalue weighted by atomic mass is 10.2. The van der Waals surface area contributed by atoms with Gasteiger partial charge in [0.25, 0.3) is 0 Å². The van der Waals surface area contributed by atoms with E-state index in [0.717, 1.165) is 12.1 Å². The Kier molecular flexibility index (Phi) is 5.03. The standard InChI is InChI=1S/C15H22N2O3S/c1-4-9-17(2)21(18,19)15-8-5-12(10-14(15)20-3)11-16-13-6-7-13/h4-5,8,10,13,16H,1,6-7,9,11H2,2-3H3. The van der Waals surface area contributed by atoms with E-state index in [1.54, 1.807) is 18.2 Å². The Morgan fingerprint density at radius 3 is 2.76 bits per heavy atom. The summed E-state index contributed by atoms with van der Waals surface area (Å²) in [6.45, 7) is 4.55. The summed E-state index contributed by atoms with van der Waals surface area (Å²) in [6, 6.07) is 5.83. The summed E-state index contributed by atoms with van der Waals surface area (Å²) in [7, 11) is -0.550. The fourth-order valence-electron chi connectivity index (χ4n) is 2.03. The Balaban J connectivity index is 2.23. The number of hydrogen-bond acceptors (Lipinski definition) is 4. The van der Waals surface area contributed by atoms with E-state index >= 15 is 0 Å². The van der Waals surface area contributed by atoms with Gasteiger partial charge in [0.05, 0.1) is 7.11 Å².